The molecule has 0 bridgehead atoms. The number of hydrogen-bond acceptors (Lipinski definition) is 4. The zero-order valence-electron chi connectivity index (χ0n) is 16.8. The minimum Gasteiger partial charge on any atom is -0.351 e. The Balaban J connectivity index is 1.73. The quantitative estimate of drug-likeness (QED) is 0.639. The normalized spacial score (nSPS) is 16.4. The lowest BCUT2D eigenvalue weighted by Crippen LogP contribution is -2.38. The molecule has 2 N–H and O–H groups in total. The number of rotatable bonds is 10. The average molecular weight is 355 g/mol. The van der Waals surface area contributed by atoms with E-state index in [1.165, 1.54) is 28.4 Å². The molecule has 4 heteroatoms. The van der Waals surface area contributed by atoms with Crippen LogP contribution in [0.15, 0.2) is 36.4 Å². The summed E-state index contributed by atoms with van der Waals surface area (Å²) in [5.41, 5.74) is 2.81. The number of benzene rings is 2. The first-order chi connectivity index (χ1) is 12.6. The van der Waals surface area contributed by atoms with Gasteiger partial charge in [-0.2, -0.15) is 0 Å². The Morgan fingerprint density at radius 1 is 1.04 bits per heavy atom. The Morgan fingerprint density at radius 3 is 2.54 bits per heavy atom. The van der Waals surface area contributed by atoms with Gasteiger partial charge < -0.3 is 15.1 Å². The fourth-order valence-electron chi connectivity index (χ4n) is 3.87. The number of hydrogen-bond donors (Lipinski definition) is 2. The van der Waals surface area contributed by atoms with E-state index >= 15 is 0 Å². The van der Waals surface area contributed by atoms with Crippen molar-refractivity contribution in [2.45, 2.75) is 38.9 Å². The van der Waals surface area contributed by atoms with Gasteiger partial charge in [0.2, 0.25) is 0 Å². The van der Waals surface area contributed by atoms with Gasteiger partial charge in [-0.3, -0.25) is 5.32 Å². The summed E-state index contributed by atoms with van der Waals surface area (Å²) in [5, 5.41) is 10.1. The fraction of sp³-hybridized carbons (Fsp3) is 0.545. The van der Waals surface area contributed by atoms with E-state index in [9.17, 15) is 0 Å². The van der Waals surface area contributed by atoms with E-state index in [1.54, 1.807) is 0 Å². The molecule has 1 aliphatic heterocycles. The second kappa shape index (κ2) is 8.85. The molecule has 2 aromatic rings. The molecule has 0 saturated carbocycles. The molecule has 0 spiro atoms. The SMILES string of the molecule is CC(C)NCCCNC1c2cccc3cccc(c23)N1CCCN(C)C. The Hall–Kier alpha value is -1.62. The maximum absolute atomic E-state index is 3.82. The van der Waals surface area contributed by atoms with Gasteiger partial charge >= 0.3 is 0 Å². The van der Waals surface area contributed by atoms with Crippen LogP contribution >= 0.6 is 0 Å². The second-order valence-corrected chi connectivity index (χ2v) is 7.89. The Kier molecular flexibility index (Phi) is 6.52. The molecule has 1 atom stereocenters. The number of nitrogens with one attached hydrogen (secondary N) is 2. The molecule has 0 aliphatic carbocycles. The Labute approximate surface area is 158 Å². The van der Waals surface area contributed by atoms with Crippen molar-refractivity contribution in [2.75, 3.05) is 45.2 Å². The average Bonchev–Trinajstić information content (AvgIpc) is 2.90. The van der Waals surface area contributed by atoms with E-state index in [-0.39, 0.29) is 6.17 Å². The molecule has 4 nitrogen and oxygen atoms in total. The molecular weight excluding hydrogens is 320 g/mol. The van der Waals surface area contributed by atoms with Crippen molar-refractivity contribution < 1.29 is 0 Å². The summed E-state index contributed by atoms with van der Waals surface area (Å²) in [6, 6.07) is 14.0. The van der Waals surface area contributed by atoms with E-state index in [0.29, 0.717) is 6.04 Å². The van der Waals surface area contributed by atoms with Crippen LogP contribution in [-0.4, -0.2) is 51.2 Å². The summed E-state index contributed by atoms with van der Waals surface area (Å²) >= 11 is 0. The van der Waals surface area contributed by atoms with Gasteiger partial charge in [-0.25, -0.2) is 0 Å². The van der Waals surface area contributed by atoms with Crippen LogP contribution in [0.5, 0.6) is 0 Å². The van der Waals surface area contributed by atoms with E-state index in [4.69, 9.17) is 0 Å². The van der Waals surface area contributed by atoms with Crippen molar-refractivity contribution in [3.05, 3.63) is 42.0 Å². The molecule has 0 fully saturated rings. The van der Waals surface area contributed by atoms with Crippen molar-refractivity contribution >= 4 is 16.5 Å². The summed E-state index contributed by atoms with van der Waals surface area (Å²) in [6.07, 6.45) is 2.61. The summed E-state index contributed by atoms with van der Waals surface area (Å²) in [6.45, 7) is 8.69. The van der Waals surface area contributed by atoms with Crippen LogP contribution in [0, 0.1) is 0 Å². The van der Waals surface area contributed by atoms with Crippen LogP contribution in [-0.2, 0) is 0 Å². The predicted molar refractivity (Wildman–Crippen MR) is 113 cm³/mol. The van der Waals surface area contributed by atoms with Crippen LogP contribution in [0.1, 0.15) is 38.4 Å². The highest BCUT2D eigenvalue weighted by Crippen LogP contribution is 2.42. The lowest BCUT2D eigenvalue weighted by atomic mass is 10.0. The first kappa shape index (κ1) is 19.2. The highest BCUT2D eigenvalue weighted by atomic mass is 15.3. The third kappa shape index (κ3) is 4.37. The van der Waals surface area contributed by atoms with Crippen LogP contribution in [0.4, 0.5) is 5.69 Å². The number of nitrogens with zero attached hydrogens (tertiary/aromatic N) is 2. The van der Waals surface area contributed by atoms with E-state index in [2.05, 4.69) is 84.8 Å². The van der Waals surface area contributed by atoms with Gasteiger partial charge in [0, 0.05) is 23.7 Å². The van der Waals surface area contributed by atoms with Gasteiger partial charge in [-0.1, -0.05) is 44.2 Å². The fourth-order valence-corrected chi connectivity index (χ4v) is 3.87. The first-order valence-electron chi connectivity index (χ1n) is 9.97. The molecular formula is C22H34N4. The van der Waals surface area contributed by atoms with Crippen LogP contribution < -0.4 is 15.5 Å². The molecule has 0 radical (unpaired) electrons. The van der Waals surface area contributed by atoms with Crippen LogP contribution in [0.25, 0.3) is 10.8 Å². The van der Waals surface area contributed by atoms with Gasteiger partial charge in [0.05, 0.1) is 0 Å². The zero-order valence-corrected chi connectivity index (χ0v) is 16.8. The highest BCUT2D eigenvalue weighted by molar-refractivity contribution is 6.00. The Bertz CT molecular complexity index is 705. The maximum Gasteiger partial charge on any atom is 0.106 e. The molecule has 0 aromatic heterocycles. The van der Waals surface area contributed by atoms with E-state index < -0.39 is 0 Å². The van der Waals surface area contributed by atoms with Gasteiger partial charge in [-0.15, -0.1) is 0 Å². The van der Waals surface area contributed by atoms with Crippen LogP contribution in [0.3, 0.4) is 0 Å². The third-order valence-electron chi connectivity index (χ3n) is 5.08. The van der Waals surface area contributed by atoms with Crippen LogP contribution in [0.2, 0.25) is 0 Å². The highest BCUT2D eigenvalue weighted by Gasteiger charge is 2.30. The summed E-state index contributed by atoms with van der Waals surface area (Å²) < 4.78 is 0. The topological polar surface area (TPSA) is 30.5 Å². The molecule has 26 heavy (non-hydrogen) atoms. The molecule has 1 aliphatic rings. The molecule has 1 heterocycles. The zero-order chi connectivity index (χ0) is 18.5. The lowest BCUT2D eigenvalue weighted by molar-refractivity contribution is 0.392. The predicted octanol–water partition coefficient (Wildman–Crippen LogP) is 3.59. The molecule has 142 valence electrons. The second-order valence-electron chi connectivity index (χ2n) is 7.89. The molecule has 2 aromatic carbocycles. The van der Waals surface area contributed by atoms with Gasteiger partial charge in [-0.05, 0) is 63.6 Å². The summed E-state index contributed by atoms with van der Waals surface area (Å²) in [7, 11) is 4.30. The van der Waals surface area contributed by atoms with Crippen molar-refractivity contribution in [1.29, 1.82) is 0 Å². The molecule has 3 rings (SSSR count). The third-order valence-corrected chi connectivity index (χ3v) is 5.08. The smallest absolute Gasteiger partial charge is 0.106 e. The van der Waals surface area contributed by atoms with Crippen molar-refractivity contribution in [3.63, 3.8) is 0 Å². The lowest BCUT2D eigenvalue weighted by Gasteiger charge is -2.30. The summed E-state index contributed by atoms with van der Waals surface area (Å²) in [4.78, 5) is 4.83. The van der Waals surface area contributed by atoms with Gasteiger partial charge in [0.15, 0.2) is 0 Å². The first-order valence-corrected chi connectivity index (χ1v) is 9.97. The van der Waals surface area contributed by atoms with Crippen molar-refractivity contribution in [3.8, 4) is 0 Å². The van der Waals surface area contributed by atoms with E-state index in [1.807, 2.05) is 0 Å². The van der Waals surface area contributed by atoms with Gasteiger partial charge in [0.25, 0.3) is 0 Å². The molecule has 0 saturated heterocycles. The maximum atomic E-state index is 3.82. The van der Waals surface area contributed by atoms with Crippen molar-refractivity contribution in [2.24, 2.45) is 0 Å². The van der Waals surface area contributed by atoms with Crippen molar-refractivity contribution in [1.82, 2.24) is 15.5 Å². The monoisotopic (exact) mass is 354 g/mol. The molecule has 0 amide bonds. The standard InChI is InChI=1S/C22H34N4/c1-17(2)23-13-7-14-24-22-19-11-5-9-18-10-6-12-20(21(18)19)26(22)16-8-15-25(3)4/h5-6,9-12,17,22-24H,7-8,13-16H2,1-4H3. The Morgan fingerprint density at radius 2 is 1.81 bits per heavy atom. The largest absolute Gasteiger partial charge is 0.351 e. The summed E-state index contributed by atoms with van der Waals surface area (Å²) in [5.74, 6) is 0. The number of anilines is 1. The van der Waals surface area contributed by atoms with E-state index in [0.717, 1.165) is 32.6 Å². The molecule has 1 unspecified atom stereocenters. The van der Waals surface area contributed by atoms with Gasteiger partial charge in [0.1, 0.15) is 6.17 Å². The minimum atomic E-state index is 0.289. The minimum absolute atomic E-state index is 0.289.